The van der Waals surface area contributed by atoms with Crippen LogP contribution in [0.15, 0.2) is 28.7 Å². The van der Waals surface area contributed by atoms with E-state index in [0.717, 1.165) is 28.4 Å². The van der Waals surface area contributed by atoms with Gasteiger partial charge in [-0.15, -0.1) is 0 Å². The van der Waals surface area contributed by atoms with Crippen LogP contribution < -0.4 is 9.47 Å². The van der Waals surface area contributed by atoms with Gasteiger partial charge in [0, 0.05) is 24.2 Å². The van der Waals surface area contributed by atoms with E-state index in [1.807, 2.05) is 31.2 Å². The van der Waals surface area contributed by atoms with Gasteiger partial charge < -0.3 is 19.0 Å². The summed E-state index contributed by atoms with van der Waals surface area (Å²) in [6, 6.07) is 7.64. The summed E-state index contributed by atoms with van der Waals surface area (Å²) in [5.74, 6) is 3.27. The van der Waals surface area contributed by atoms with Gasteiger partial charge in [0.1, 0.15) is 23.0 Å². The Bertz CT molecular complexity index is 665. The number of aryl methyl sites for hydroxylation is 1. The number of hydrogen-bond donors (Lipinski definition) is 1. The van der Waals surface area contributed by atoms with Crippen LogP contribution in [-0.4, -0.2) is 30.8 Å². The molecule has 5 nitrogen and oxygen atoms in total. The number of fused-ring (bicyclic) bond motifs is 1. The lowest BCUT2D eigenvalue weighted by atomic mass is 9.95. The average Bonchev–Trinajstić information content (AvgIpc) is 2.91. The number of β-amino-alcohol motifs (C(OH)–C–C–N with tert-alkyl or cyclic N) is 1. The number of aliphatic hydroxyl groups is 1. The van der Waals surface area contributed by atoms with Crippen molar-refractivity contribution >= 4 is 0 Å². The van der Waals surface area contributed by atoms with Crippen LogP contribution in [0, 0.1) is 6.92 Å². The maximum absolute atomic E-state index is 10.5. The molecule has 0 bridgehead atoms. The Labute approximate surface area is 130 Å². The number of hydrogen-bond acceptors (Lipinski definition) is 5. The lowest BCUT2D eigenvalue weighted by Crippen LogP contribution is -2.33. The van der Waals surface area contributed by atoms with Gasteiger partial charge >= 0.3 is 0 Å². The van der Waals surface area contributed by atoms with Crippen molar-refractivity contribution in [2.24, 2.45) is 0 Å². The molecule has 1 aliphatic heterocycles. The number of aliphatic hydroxyl groups excluding tert-OH is 1. The van der Waals surface area contributed by atoms with Crippen molar-refractivity contribution in [2.45, 2.75) is 26.1 Å². The van der Waals surface area contributed by atoms with Gasteiger partial charge in [0.25, 0.3) is 0 Å². The van der Waals surface area contributed by atoms with Crippen LogP contribution in [0.2, 0.25) is 0 Å². The second-order valence-electron chi connectivity index (χ2n) is 5.56. The van der Waals surface area contributed by atoms with Crippen molar-refractivity contribution in [2.75, 3.05) is 20.8 Å². The van der Waals surface area contributed by atoms with Crippen molar-refractivity contribution in [1.82, 2.24) is 4.90 Å². The summed E-state index contributed by atoms with van der Waals surface area (Å²) in [6.07, 6.45) is -0.607. The fraction of sp³-hybridized carbons (Fsp3) is 0.412. The van der Waals surface area contributed by atoms with Crippen LogP contribution in [-0.2, 0) is 13.1 Å². The number of nitrogens with zero attached hydrogens (tertiary/aromatic N) is 1. The normalized spacial score (nSPS) is 18.1. The molecule has 118 valence electrons. The van der Waals surface area contributed by atoms with E-state index in [1.165, 1.54) is 0 Å². The zero-order valence-corrected chi connectivity index (χ0v) is 13.1. The van der Waals surface area contributed by atoms with Gasteiger partial charge in [-0.2, -0.15) is 0 Å². The number of rotatable bonds is 4. The predicted octanol–water partition coefficient (Wildman–Crippen LogP) is 2.65. The Balaban J connectivity index is 1.90. The topological polar surface area (TPSA) is 55.1 Å². The Morgan fingerprint density at radius 2 is 1.91 bits per heavy atom. The van der Waals surface area contributed by atoms with Crippen LogP contribution in [0.3, 0.4) is 0 Å². The van der Waals surface area contributed by atoms with Crippen LogP contribution in [0.5, 0.6) is 11.5 Å². The number of methoxy groups -OCH3 is 2. The number of ether oxygens (including phenoxy) is 2. The summed E-state index contributed by atoms with van der Waals surface area (Å²) in [5.41, 5.74) is 1.80. The minimum atomic E-state index is -0.607. The molecule has 1 N–H and O–H groups in total. The van der Waals surface area contributed by atoms with Crippen molar-refractivity contribution in [3.05, 3.63) is 46.9 Å². The van der Waals surface area contributed by atoms with E-state index >= 15 is 0 Å². The maximum Gasteiger partial charge on any atom is 0.125 e. The Hall–Kier alpha value is -1.98. The molecule has 22 heavy (non-hydrogen) atoms. The van der Waals surface area contributed by atoms with Gasteiger partial charge in [-0.3, -0.25) is 4.90 Å². The first-order chi connectivity index (χ1) is 10.6. The second kappa shape index (κ2) is 6.02. The summed E-state index contributed by atoms with van der Waals surface area (Å²) in [7, 11) is 3.26. The highest BCUT2D eigenvalue weighted by molar-refractivity contribution is 5.51. The van der Waals surface area contributed by atoms with Crippen LogP contribution in [0.1, 0.15) is 28.8 Å². The van der Waals surface area contributed by atoms with Crippen molar-refractivity contribution < 1.29 is 19.0 Å². The minimum Gasteiger partial charge on any atom is -0.496 e. The smallest absolute Gasteiger partial charge is 0.125 e. The predicted molar refractivity (Wildman–Crippen MR) is 82.1 cm³/mol. The first-order valence-electron chi connectivity index (χ1n) is 7.32. The van der Waals surface area contributed by atoms with Crippen molar-refractivity contribution in [3.63, 3.8) is 0 Å². The van der Waals surface area contributed by atoms with Gasteiger partial charge in [0.15, 0.2) is 0 Å². The molecule has 0 fully saturated rings. The third-order valence-electron chi connectivity index (χ3n) is 4.04. The Kier molecular flexibility index (Phi) is 4.09. The molecule has 2 heterocycles. The molecule has 2 aromatic rings. The van der Waals surface area contributed by atoms with Gasteiger partial charge in [-0.1, -0.05) is 0 Å². The maximum atomic E-state index is 10.5. The fourth-order valence-electron chi connectivity index (χ4n) is 3.06. The van der Waals surface area contributed by atoms with Gasteiger partial charge in [-0.05, 0) is 31.2 Å². The zero-order chi connectivity index (χ0) is 15.7. The molecule has 0 aliphatic carbocycles. The molecule has 0 spiro atoms. The van der Waals surface area contributed by atoms with Gasteiger partial charge in [0.2, 0.25) is 0 Å². The molecule has 0 amide bonds. The molecule has 0 saturated heterocycles. The molecular weight excluding hydrogens is 282 g/mol. The van der Waals surface area contributed by atoms with Crippen LogP contribution in [0.4, 0.5) is 0 Å². The highest BCUT2D eigenvalue weighted by atomic mass is 16.5. The van der Waals surface area contributed by atoms with E-state index < -0.39 is 6.10 Å². The Morgan fingerprint density at radius 1 is 1.18 bits per heavy atom. The second-order valence-corrected chi connectivity index (χ2v) is 5.56. The van der Waals surface area contributed by atoms with E-state index in [1.54, 1.807) is 14.2 Å². The first-order valence-corrected chi connectivity index (χ1v) is 7.32. The highest BCUT2D eigenvalue weighted by Crippen LogP contribution is 2.39. The van der Waals surface area contributed by atoms with Crippen LogP contribution >= 0.6 is 0 Å². The van der Waals surface area contributed by atoms with Crippen LogP contribution in [0.25, 0.3) is 0 Å². The summed E-state index contributed by atoms with van der Waals surface area (Å²) in [5, 5.41) is 10.5. The fourth-order valence-corrected chi connectivity index (χ4v) is 3.06. The molecule has 1 aromatic heterocycles. The molecule has 1 aliphatic rings. The molecule has 0 radical (unpaired) electrons. The molecule has 0 unspecified atom stereocenters. The van der Waals surface area contributed by atoms with E-state index in [2.05, 4.69) is 4.90 Å². The van der Waals surface area contributed by atoms with Gasteiger partial charge in [0.05, 0.1) is 26.9 Å². The third-order valence-corrected chi connectivity index (χ3v) is 4.04. The SMILES string of the molecule is COc1ccc(OC)c2c1CN(Cc1ccc(C)o1)C[C@H]2O. The summed E-state index contributed by atoms with van der Waals surface area (Å²) >= 11 is 0. The quantitative estimate of drug-likeness (QED) is 0.941. The van der Waals surface area contributed by atoms with E-state index in [9.17, 15) is 5.11 Å². The van der Waals surface area contributed by atoms with E-state index in [0.29, 0.717) is 25.4 Å². The molecule has 3 rings (SSSR count). The minimum absolute atomic E-state index is 0.538. The number of benzene rings is 1. The van der Waals surface area contributed by atoms with Gasteiger partial charge in [-0.25, -0.2) is 0 Å². The molecular formula is C17H21NO4. The lowest BCUT2D eigenvalue weighted by molar-refractivity contribution is 0.0802. The zero-order valence-electron chi connectivity index (χ0n) is 13.1. The summed E-state index contributed by atoms with van der Waals surface area (Å²) in [6.45, 7) is 3.81. The van der Waals surface area contributed by atoms with Crippen molar-refractivity contribution in [1.29, 1.82) is 0 Å². The molecule has 5 heteroatoms. The molecule has 0 saturated carbocycles. The van der Waals surface area contributed by atoms with E-state index in [4.69, 9.17) is 13.9 Å². The monoisotopic (exact) mass is 303 g/mol. The standard InChI is InChI=1S/C17H21NO4/c1-11-4-5-12(22-11)8-18-9-13-15(20-2)6-7-16(21-3)17(13)14(19)10-18/h4-7,14,19H,8-10H2,1-3H3/t14-/m1/s1. The average molecular weight is 303 g/mol. The lowest BCUT2D eigenvalue weighted by Gasteiger charge is -2.33. The molecule has 1 aromatic carbocycles. The van der Waals surface area contributed by atoms with Crippen molar-refractivity contribution in [3.8, 4) is 11.5 Å². The number of furan rings is 1. The highest BCUT2D eigenvalue weighted by Gasteiger charge is 2.29. The van der Waals surface area contributed by atoms with E-state index in [-0.39, 0.29) is 0 Å². The largest absolute Gasteiger partial charge is 0.496 e. The third kappa shape index (κ3) is 2.69. The first kappa shape index (κ1) is 14.9. The summed E-state index contributed by atoms with van der Waals surface area (Å²) < 4.78 is 16.5. The Morgan fingerprint density at radius 3 is 2.55 bits per heavy atom. The summed E-state index contributed by atoms with van der Waals surface area (Å²) in [4.78, 5) is 2.15. The molecule has 1 atom stereocenters.